The summed E-state index contributed by atoms with van der Waals surface area (Å²) in [7, 11) is 0. The molecule has 0 saturated carbocycles. The first kappa shape index (κ1) is 20.5. The highest BCUT2D eigenvalue weighted by atomic mass is 16.5. The Morgan fingerprint density at radius 2 is 1.81 bits per heavy atom. The molecule has 2 aromatic heterocycles. The maximum absolute atomic E-state index is 13.4. The van der Waals surface area contributed by atoms with E-state index in [2.05, 4.69) is 4.98 Å². The zero-order chi connectivity index (χ0) is 22.2. The lowest BCUT2D eigenvalue weighted by Gasteiger charge is -2.16. The largest absolute Gasteiger partial charge is 0.441 e. The normalized spacial score (nSPS) is 16.1. The van der Waals surface area contributed by atoms with Gasteiger partial charge in [-0.1, -0.05) is 29.8 Å². The van der Waals surface area contributed by atoms with E-state index in [-0.39, 0.29) is 30.4 Å². The Balaban J connectivity index is 1.59. The third-order valence-electron chi connectivity index (χ3n) is 6.04. The first-order chi connectivity index (χ1) is 15.5. The number of hydrogen-bond acceptors (Lipinski definition) is 5. The number of nitrogens with zero attached hydrogens (tertiary/aromatic N) is 3. The third kappa shape index (κ3) is 3.69. The fourth-order valence-corrected chi connectivity index (χ4v) is 4.22. The minimum atomic E-state index is -0.358. The van der Waals surface area contributed by atoms with Crippen molar-refractivity contribution in [2.24, 2.45) is 0 Å². The average molecular weight is 431 g/mol. The molecule has 0 N–H and O–H groups in total. The van der Waals surface area contributed by atoms with E-state index >= 15 is 0 Å². The predicted octanol–water partition coefficient (Wildman–Crippen LogP) is 3.66. The molecule has 1 saturated heterocycles. The SMILES string of the molecule is Cc1ccc(-c2nc(Cn3c(=O)n(CC4CCCO4)c(=O)c4ccccc43)c(C)o2)cc1. The lowest BCUT2D eigenvalue weighted by molar-refractivity contribution is 0.0948. The fraction of sp³-hybridized carbons (Fsp3) is 0.320. The summed E-state index contributed by atoms with van der Waals surface area (Å²) in [5.74, 6) is 1.16. The first-order valence-corrected chi connectivity index (χ1v) is 10.9. The molecule has 1 aliphatic rings. The number of rotatable bonds is 5. The zero-order valence-electron chi connectivity index (χ0n) is 18.2. The van der Waals surface area contributed by atoms with Gasteiger partial charge >= 0.3 is 5.69 Å². The van der Waals surface area contributed by atoms with Crippen LogP contribution in [-0.2, 0) is 17.8 Å². The van der Waals surface area contributed by atoms with Crippen molar-refractivity contribution in [2.45, 2.75) is 45.9 Å². The lowest BCUT2D eigenvalue weighted by atomic mass is 10.1. The number of fused-ring (bicyclic) bond motifs is 1. The number of aromatic nitrogens is 3. The van der Waals surface area contributed by atoms with Crippen molar-refractivity contribution in [3.8, 4) is 11.5 Å². The van der Waals surface area contributed by atoms with Gasteiger partial charge in [0.1, 0.15) is 11.5 Å². The Morgan fingerprint density at radius 3 is 2.56 bits per heavy atom. The van der Waals surface area contributed by atoms with Crippen LogP contribution in [0.5, 0.6) is 0 Å². The topological polar surface area (TPSA) is 79.3 Å². The van der Waals surface area contributed by atoms with Crippen LogP contribution in [0.2, 0.25) is 0 Å². The molecular formula is C25H25N3O4. The van der Waals surface area contributed by atoms with Crippen LogP contribution < -0.4 is 11.2 Å². The van der Waals surface area contributed by atoms with Gasteiger partial charge in [-0.3, -0.25) is 13.9 Å². The number of hydrogen-bond donors (Lipinski definition) is 0. The summed E-state index contributed by atoms with van der Waals surface area (Å²) in [6, 6.07) is 15.1. The van der Waals surface area contributed by atoms with Crippen LogP contribution in [0.15, 0.2) is 62.5 Å². The van der Waals surface area contributed by atoms with Crippen molar-refractivity contribution < 1.29 is 9.15 Å². The molecule has 0 aliphatic carbocycles. The smallest absolute Gasteiger partial charge is 0.331 e. The van der Waals surface area contributed by atoms with Crippen LogP contribution in [0.25, 0.3) is 22.4 Å². The Bertz CT molecular complexity index is 1390. The molecule has 3 heterocycles. The van der Waals surface area contributed by atoms with Gasteiger partial charge in [-0.2, -0.15) is 0 Å². The molecule has 7 heteroatoms. The summed E-state index contributed by atoms with van der Waals surface area (Å²) in [6.45, 7) is 5.01. The van der Waals surface area contributed by atoms with Crippen molar-refractivity contribution in [3.63, 3.8) is 0 Å². The van der Waals surface area contributed by atoms with Crippen LogP contribution in [0.4, 0.5) is 0 Å². The standard InChI is InChI=1S/C25H25N3O4/c1-16-9-11-18(12-10-16)23-26-21(17(2)32-23)15-27-22-8-4-3-7-20(22)24(29)28(25(27)30)14-19-6-5-13-31-19/h3-4,7-12,19H,5-6,13-15H2,1-2H3. The van der Waals surface area contributed by atoms with E-state index in [0.717, 1.165) is 24.0 Å². The zero-order valence-corrected chi connectivity index (χ0v) is 18.2. The molecule has 164 valence electrons. The Labute approximate surface area is 184 Å². The van der Waals surface area contributed by atoms with Gasteiger partial charge in [-0.15, -0.1) is 0 Å². The van der Waals surface area contributed by atoms with E-state index in [4.69, 9.17) is 9.15 Å². The second kappa shape index (κ2) is 8.24. The maximum Gasteiger partial charge on any atom is 0.331 e. The number of para-hydroxylation sites is 1. The van der Waals surface area contributed by atoms with E-state index in [9.17, 15) is 9.59 Å². The Morgan fingerprint density at radius 1 is 1.03 bits per heavy atom. The molecule has 2 aromatic carbocycles. The minimum absolute atomic E-state index is 0.114. The molecule has 1 unspecified atom stereocenters. The molecular weight excluding hydrogens is 406 g/mol. The number of benzene rings is 2. The van der Waals surface area contributed by atoms with E-state index in [0.29, 0.717) is 34.9 Å². The fourth-order valence-electron chi connectivity index (χ4n) is 4.22. The molecule has 4 aromatic rings. The van der Waals surface area contributed by atoms with E-state index in [1.54, 1.807) is 16.7 Å². The highest BCUT2D eigenvalue weighted by Gasteiger charge is 2.21. The van der Waals surface area contributed by atoms with Gasteiger partial charge in [0.2, 0.25) is 5.89 Å². The predicted molar refractivity (Wildman–Crippen MR) is 122 cm³/mol. The summed E-state index contributed by atoms with van der Waals surface area (Å²) in [5, 5.41) is 0.505. The minimum Gasteiger partial charge on any atom is -0.441 e. The van der Waals surface area contributed by atoms with Crippen molar-refractivity contribution in [2.75, 3.05) is 6.61 Å². The Kier molecular flexibility index (Phi) is 5.27. The second-order valence-electron chi connectivity index (χ2n) is 8.32. The molecule has 1 atom stereocenters. The molecule has 0 radical (unpaired) electrons. The summed E-state index contributed by atoms with van der Waals surface area (Å²) >= 11 is 0. The number of ether oxygens (including phenoxy) is 1. The molecule has 5 rings (SSSR count). The van der Waals surface area contributed by atoms with Crippen molar-refractivity contribution >= 4 is 10.9 Å². The van der Waals surface area contributed by atoms with Gasteiger partial charge in [0, 0.05) is 12.2 Å². The van der Waals surface area contributed by atoms with Crippen molar-refractivity contribution in [1.82, 2.24) is 14.1 Å². The summed E-state index contributed by atoms with van der Waals surface area (Å²) in [4.78, 5) is 31.2. The van der Waals surface area contributed by atoms with E-state index in [1.165, 1.54) is 4.57 Å². The second-order valence-corrected chi connectivity index (χ2v) is 8.32. The highest BCUT2D eigenvalue weighted by Crippen LogP contribution is 2.23. The van der Waals surface area contributed by atoms with E-state index < -0.39 is 0 Å². The van der Waals surface area contributed by atoms with Gasteiger partial charge in [0.15, 0.2) is 0 Å². The maximum atomic E-state index is 13.4. The van der Waals surface area contributed by atoms with Gasteiger partial charge in [0.25, 0.3) is 5.56 Å². The molecule has 1 aliphatic heterocycles. The van der Waals surface area contributed by atoms with Gasteiger partial charge in [-0.25, -0.2) is 9.78 Å². The summed E-state index contributed by atoms with van der Waals surface area (Å²) in [6.07, 6.45) is 1.68. The monoisotopic (exact) mass is 431 g/mol. The lowest BCUT2D eigenvalue weighted by Crippen LogP contribution is -2.42. The Hall–Kier alpha value is -3.45. The first-order valence-electron chi connectivity index (χ1n) is 10.9. The van der Waals surface area contributed by atoms with Crippen molar-refractivity contribution in [1.29, 1.82) is 0 Å². The van der Waals surface area contributed by atoms with Gasteiger partial charge < -0.3 is 9.15 Å². The quantitative estimate of drug-likeness (QED) is 0.482. The molecule has 1 fully saturated rings. The van der Waals surface area contributed by atoms with Crippen LogP contribution in [0.3, 0.4) is 0 Å². The molecule has 32 heavy (non-hydrogen) atoms. The van der Waals surface area contributed by atoms with Crippen LogP contribution in [-0.4, -0.2) is 26.8 Å². The van der Waals surface area contributed by atoms with Gasteiger partial charge in [-0.05, 0) is 51.0 Å². The molecule has 7 nitrogen and oxygen atoms in total. The van der Waals surface area contributed by atoms with Crippen LogP contribution in [0, 0.1) is 13.8 Å². The summed E-state index contributed by atoms with van der Waals surface area (Å²) < 4.78 is 14.5. The van der Waals surface area contributed by atoms with Crippen LogP contribution >= 0.6 is 0 Å². The number of aryl methyl sites for hydroxylation is 2. The van der Waals surface area contributed by atoms with Gasteiger partial charge in [0.05, 0.1) is 30.1 Å². The average Bonchev–Trinajstić information content (AvgIpc) is 3.44. The molecule has 0 bridgehead atoms. The van der Waals surface area contributed by atoms with E-state index in [1.807, 2.05) is 50.2 Å². The molecule has 0 amide bonds. The third-order valence-corrected chi connectivity index (χ3v) is 6.04. The number of oxazole rings is 1. The van der Waals surface area contributed by atoms with Crippen LogP contribution in [0.1, 0.15) is 29.9 Å². The van der Waals surface area contributed by atoms with Crippen molar-refractivity contribution in [3.05, 3.63) is 86.4 Å². The molecule has 0 spiro atoms. The highest BCUT2D eigenvalue weighted by molar-refractivity contribution is 5.77. The summed E-state index contributed by atoms with van der Waals surface area (Å²) in [5.41, 5.74) is 2.65.